The summed E-state index contributed by atoms with van der Waals surface area (Å²) in [6.07, 6.45) is 2.30. The summed E-state index contributed by atoms with van der Waals surface area (Å²) >= 11 is 0. The molecular weight excluding hydrogens is 353 g/mol. The number of nitrogens with one attached hydrogen (secondary N) is 2. The SMILES string of the molecule is CN(C)CC(=O)N[C@@H]1C=C[C@H](CC(=O)NCc2ccccc2F)O[C@@H]1CO. The van der Waals surface area contributed by atoms with Crippen LogP contribution in [0.2, 0.25) is 0 Å². The second-order valence-electron chi connectivity index (χ2n) is 6.68. The van der Waals surface area contributed by atoms with Crippen LogP contribution < -0.4 is 10.6 Å². The number of aliphatic hydroxyl groups is 1. The third-order valence-corrected chi connectivity index (χ3v) is 4.07. The Morgan fingerprint density at radius 2 is 1.96 bits per heavy atom. The van der Waals surface area contributed by atoms with Gasteiger partial charge in [0.1, 0.15) is 11.9 Å². The van der Waals surface area contributed by atoms with Crippen molar-refractivity contribution in [3.63, 3.8) is 0 Å². The van der Waals surface area contributed by atoms with Crippen molar-refractivity contribution >= 4 is 11.8 Å². The summed E-state index contributed by atoms with van der Waals surface area (Å²) in [6.45, 7) is 0.0313. The standard InChI is InChI=1S/C19H26FN3O4/c1-23(2)11-19(26)22-16-8-7-14(27-17(16)12-24)9-18(25)21-10-13-5-3-4-6-15(13)20/h3-8,14,16-17,24H,9-12H2,1-2H3,(H,21,25)(H,22,26)/t14-,16-,17-/m1/s1. The number of halogens is 1. The highest BCUT2D eigenvalue weighted by Gasteiger charge is 2.29. The average Bonchev–Trinajstić information content (AvgIpc) is 2.61. The lowest BCUT2D eigenvalue weighted by Crippen LogP contribution is -2.50. The molecule has 1 aliphatic rings. The van der Waals surface area contributed by atoms with E-state index in [4.69, 9.17) is 4.74 Å². The normalized spacial score (nSPS) is 21.9. The zero-order chi connectivity index (χ0) is 19.8. The number of carbonyl (C=O) groups is 2. The van der Waals surface area contributed by atoms with Gasteiger partial charge in [-0.3, -0.25) is 9.59 Å². The second-order valence-corrected chi connectivity index (χ2v) is 6.68. The average molecular weight is 379 g/mol. The molecule has 0 spiro atoms. The maximum absolute atomic E-state index is 13.6. The smallest absolute Gasteiger partial charge is 0.234 e. The number of benzene rings is 1. The number of aliphatic hydroxyl groups excluding tert-OH is 1. The van der Waals surface area contributed by atoms with Gasteiger partial charge in [-0.25, -0.2) is 4.39 Å². The summed E-state index contributed by atoms with van der Waals surface area (Å²) in [5, 5.41) is 15.0. The minimum Gasteiger partial charge on any atom is -0.394 e. The van der Waals surface area contributed by atoms with E-state index in [0.717, 1.165) is 0 Å². The van der Waals surface area contributed by atoms with Gasteiger partial charge in [-0.1, -0.05) is 30.4 Å². The zero-order valence-corrected chi connectivity index (χ0v) is 15.5. The van der Waals surface area contributed by atoms with Crippen LogP contribution in [-0.2, 0) is 20.9 Å². The number of ether oxygens (including phenoxy) is 1. The Labute approximate surface area is 158 Å². The van der Waals surface area contributed by atoms with Crippen LogP contribution in [0.4, 0.5) is 4.39 Å². The van der Waals surface area contributed by atoms with Gasteiger partial charge in [0.25, 0.3) is 0 Å². The topological polar surface area (TPSA) is 90.9 Å². The lowest BCUT2D eigenvalue weighted by atomic mass is 10.0. The molecule has 0 fully saturated rings. The van der Waals surface area contributed by atoms with Gasteiger partial charge in [0.2, 0.25) is 11.8 Å². The summed E-state index contributed by atoms with van der Waals surface area (Å²) in [5.41, 5.74) is 0.405. The summed E-state index contributed by atoms with van der Waals surface area (Å²) in [6, 6.07) is 5.78. The van der Waals surface area contributed by atoms with Crippen molar-refractivity contribution in [3.05, 3.63) is 47.8 Å². The number of likely N-dealkylation sites (N-methyl/N-ethyl adjacent to an activating group) is 1. The predicted octanol–water partition coefficient (Wildman–Crippen LogP) is 0.194. The number of hydrogen-bond donors (Lipinski definition) is 3. The van der Waals surface area contributed by atoms with E-state index in [9.17, 15) is 19.1 Å². The molecule has 1 aliphatic heterocycles. The highest BCUT2D eigenvalue weighted by molar-refractivity contribution is 5.78. The Morgan fingerprint density at radius 1 is 1.22 bits per heavy atom. The molecule has 2 rings (SSSR count). The summed E-state index contributed by atoms with van der Waals surface area (Å²) in [4.78, 5) is 25.7. The van der Waals surface area contributed by atoms with E-state index >= 15 is 0 Å². The van der Waals surface area contributed by atoms with Gasteiger partial charge in [-0.15, -0.1) is 0 Å². The molecule has 1 aromatic carbocycles. The first kappa shape index (κ1) is 21.0. The lowest BCUT2D eigenvalue weighted by Gasteiger charge is -2.32. The van der Waals surface area contributed by atoms with Crippen molar-refractivity contribution < 1.29 is 23.8 Å². The number of carbonyl (C=O) groups excluding carboxylic acids is 2. The molecule has 3 atom stereocenters. The zero-order valence-electron chi connectivity index (χ0n) is 15.5. The fourth-order valence-corrected chi connectivity index (χ4v) is 2.75. The Morgan fingerprint density at radius 3 is 2.63 bits per heavy atom. The first-order valence-corrected chi connectivity index (χ1v) is 8.78. The predicted molar refractivity (Wildman–Crippen MR) is 98.2 cm³/mol. The van der Waals surface area contributed by atoms with Crippen molar-refractivity contribution in [2.75, 3.05) is 27.2 Å². The van der Waals surface area contributed by atoms with Gasteiger partial charge in [0, 0.05) is 12.1 Å². The highest BCUT2D eigenvalue weighted by Crippen LogP contribution is 2.16. The molecule has 148 valence electrons. The van der Waals surface area contributed by atoms with E-state index in [0.29, 0.717) is 5.56 Å². The minimum atomic E-state index is -0.634. The van der Waals surface area contributed by atoms with E-state index < -0.39 is 18.2 Å². The fourth-order valence-electron chi connectivity index (χ4n) is 2.75. The van der Waals surface area contributed by atoms with Crippen molar-refractivity contribution in [1.29, 1.82) is 0 Å². The van der Waals surface area contributed by atoms with E-state index in [1.54, 1.807) is 49.3 Å². The van der Waals surface area contributed by atoms with Gasteiger partial charge >= 0.3 is 0 Å². The Hall–Kier alpha value is -2.29. The van der Waals surface area contributed by atoms with Crippen LogP contribution in [0.25, 0.3) is 0 Å². The molecule has 0 aromatic heterocycles. The van der Waals surface area contributed by atoms with Crippen molar-refractivity contribution in [2.24, 2.45) is 0 Å². The highest BCUT2D eigenvalue weighted by atomic mass is 19.1. The second kappa shape index (κ2) is 10.1. The van der Waals surface area contributed by atoms with Gasteiger partial charge in [-0.2, -0.15) is 0 Å². The first-order valence-electron chi connectivity index (χ1n) is 8.78. The molecule has 1 heterocycles. The van der Waals surface area contributed by atoms with Gasteiger partial charge in [0.15, 0.2) is 0 Å². The molecule has 3 N–H and O–H groups in total. The molecule has 8 heteroatoms. The molecular formula is C19H26FN3O4. The van der Waals surface area contributed by atoms with E-state index in [2.05, 4.69) is 10.6 Å². The fraction of sp³-hybridized carbons (Fsp3) is 0.474. The molecule has 1 aromatic rings. The Kier molecular flexibility index (Phi) is 7.90. The monoisotopic (exact) mass is 379 g/mol. The van der Waals surface area contributed by atoms with E-state index in [-0.39, 0.29) is 43.7 Å². The third-order valence-electron chi connectivity index (χ3n) is 4.07. The number of nitrogens with zero attached hydrogens (tertiary/aromatic N) is 1. The molecule has 0 saturated carbocycles. The molecule has 0 bridgehead atoms. The van der Waals surface area contributed by atoms with E-state index in [1.165, 1.54) is 6.07 Å². The summed E-state index contributed by atoms with van der Waals surface area (Å²) in [7, 11) is 3.57. The quantitative estimate of drug-likeness (QED) is 0.561. The largest absolute Gasteiger partial charge is 0.394 e. The maximum atomic E-state index is 13.6. The van der Waals surface area contributed by atoms with Crippen LogP contribution in [0.3, 0.4) is 0 Å². The molecule has 0 unspecified atom stereocenters. The van der Waals surface area contributed by atoms with E-state index in [1.807, 2.05) is 0 Å². The maximum Gasteiger partial charge on any atom is 0.234 e. The summed E-state index contributed by atoms with van der Waals surface area (Å²) in [5.74, 6) is -0.847. The van der Waals surface area contributed by atoms with Crippen LogP contribution in [0.1, 0.15) is 12.0 Å². The number of amides is 2. The van der Waals surface area contributed by atoms with Gasteiger partial charge in [0.05, 0.1) is 31.7 Å². The van der Waals surface area contributed by atoms with Crippen LogP contribution in [0, 0.1) is 5.82 Å². The van der Waals surface area contributed by atoms with Crippen LogP contribution in [0.5, 0.6) is 0 Å². The molecule has 0 radical (unpaired) electrons. The minimum absolute atomic E-state index is 0.0415. The van der Waals surface area contributed by atoms with Crippen molar-refractivity contribution in [1.82, 2.24) is 15.5 Å². The number of hydrogen-bond acceptors (Lipinski definition) is 5. The molecule has 7 nitrogen and oxygen atoms in total. The Balaban J connectivity index is 1.85. The molecule has 0 aliphatic carbocycles. The molecule has 27 heavy (non-hydrogen) atoms. The Bertz CT molecular complexity index is 681. The molecule has 2 amide bonds. The van der Waals surface area contributed by atoms with Crippen LogP contribution in [-0.4, -0.2) is 67.3 Å². The molecule has 0 saturated heterocycles. The lowest BCUT2D eigenvalue weighted by molar-refractivity contribution is -0.128. The van der Waals surface area contributed by atoms with Crippen LogP contribution >= 0.6 is 0 Å². The van der Waals surface area contributed by atoms with Gasteiger partial charge in [-0.05, 0) is 20.2 Å². The van der Waals surface area contributed by atoms with Gasteiger partial charge < -0.3 is 25.4 Å². The van der Waals surface area contributed by atoms with Crippen molar-refractivity contribution in [2.45, 2.75) is 31.2 Å². The van der Waals surface area contributed by atoms with Crippen LogP contribution in [0.15, 0.2) is 36.4 Å². The summed E-state index contributed by atoms with van der Waals surface area (Å²) < 4.78 is 19.3. The first-order chi connectivity index (χ1) is 12.9. The van der Waals surface area contributed by atoms with Crippen molar-refractivity contribution in [3.8, 4) is 0 Å². The third kappa shape index (κ3) is 6.74. The number of rotatable bonds is 8.